The molecular formula is C14H20ClNO2. The predicted molar refractivity (Wildman–Crippen MR) is 74.1 cm³/mol. The summed E-state index contributed by atoms with van der Waals surface area (Å²) in [5, 5.41) is 0. The van der Waals surface area contributed by atoms with Gasteiger partial charge in [-0.2, -0.15) is 0 Å². The average Bonchev–Trinajstić information content (AvgIpc) is 2.37. The van der Waals surface area contributed by atoms with Gasteiger partial charge in [-0.1, -0.05) is 24.3 Å². The van der Waals surface area contributed by atoms with E-state index in [1.165, 1.54) is 0 Å². The largest absolute Gasteiger partial charge is 0.383 e. The van der Waals surface area contributed by atoms with E-state index in [0.717, 1.165) is 11.1 Å². The Bertz CT molecular complexity index is 382. The summed E-state index contributed by atoms with van der Waals surface area (Å²) in [5.74, 6) is 0.547. The minimum Gasteiger partial charge on any atom is -0.383 e. The topological polar surface area (TPSA) is 29.5 Å². The first-order valence-corrected chi connectivity index (χ1v) is 6.59. The van der Waals surface area contributed by atoms with Crippen molar-refractivity contribution in [3.8, 4) is 0 Å². The number of amides is 1. The quantitative estimate of drug-likeness (QED) is 0.711. The Balaban J connectivity index is 2.63. The zero-order valence-corrected chi connectivity index (χ0v) is 11.7. The van der Waals surface area contributed by atoms with Crippen molar-refractivity contribution < 1.29 is 9.53 Å². The van der Waals surface area contributed by atoms with Gasteiger partial charge in [-0.05, 0) is 18.1 Å². The highest BCUT2D eigenvalue weighted by Gasteiger charge is 2.13. The van der Waals surface area contributed by atoms with Crippen LogP contribution in [-0.4, -0.2) is 43.5 Å². The first-order valence-electron chi connectivity index (χ1n) is 6.06. The molecule has 0 heterocycles. The van der Waals surface area contributed by atoms with Crippen LogP contribution in [0.3, 0.4) is 0 Å². The number of nitrogens with zero attached hydrogens (tertiary/aromatic N) is 1. The predicted octanol–water partition coefficient (Wildman–Crippen LogP) is 2.25. The summed E-state index contributed by atoms with van der Waals surface area (Å²) in [7, 11) is 1.63. The lowest BCUT2D eigenvalue weighted by Gasteiger charge is -2.21. The molecule has 0 saturated carbocycles. The van der Waals surface area contributed by atoms with E-state index >= 15 is 0 Å². The van der Waals surface area contributed by atoms with Crippen molar-refractivity contribution in [3.05, 3.63) is 35.4 Å². The van der Waals surface area contributed by atoms with Gasteiger partial charge < -0.3 is 9.64 Å². The van der Waals surface area contributed by atoms with Gasteiger partial charge in [0.25, 0.3) is 0 Å². The SMILES string of the molecule is COCCN(CCCl)C(=O)Cc1ccccc1C. The molecular weight excluding hydrogens is 250 g/mol. The lowest BCUT2D eigenvalue weighted by atomic mass is 10.1. The molecule has 1 amide bonds. The molecule has 0 unspecified atom stereocenters. The number of halogens is 1. The van der Waals surface area contributed by atoms with Crippen LogP contribution in [-0.2, 0) is 16.0 Å². The van der Waals surface area contributed by atoms with Gasteiger partial charge in [0.05, 0.1) is 13.0 Å². The molecule has 0 N–H and O–H groups in total. The van der Waals surface area contributed by atoms with Crippen molar-refractivity contribution in [1.82, 2.24) is 4.90 Å². The zero-order chi connectivity index (χ0) is 13.4. The molecule has 0 spiro atoms. The van der Waals surface area contributed by atoms with Gasteiger partial charge >= 0.3 is 0 Å². The van der Waals surface area contributed by atoms with E-state index in [0.29, 0.717) is 32.0 Å². The maximum Gasteiger partial charge on any atom is 0.227 e. The van der Waals surface area contributed by atoms with Crippen LogP contribution in [0.2, 0.25) is 0 Å². The number of rotatable bonds is 7. The molecule has 1 rings (SSSR count). The van der Waals surface area contributed by atoms with Crippen molar-refractivity contribution in [1.29, 1.82) is 0 Å². The van der Waals surface area contributed by atoms with Gasteiger partial charge in [0.1, 0.15) is 0 Å². The minimum absolute atomic E-state index is 0.0991. The highest BCUT2D eigenvalue weighted by molar-refractivity contribution is 6.18. The zero-order valence-electron chi connectivity index (χ0n) is 11.0. The Morgan fingerprint density at radius 3 is 2.67 bits per heavy atom. The Morgan fingerprint density at radius 2 is 2.06 bits per heavy atom. The Kier molecular flexibility index (Phi) is 6.76. The van der Waals surface area contributed by atoms with Crippen LogP contribution in [0.25, 0.3) is 0 Å². The molecule has 3 nitrogen and oxygen atoms in total. The number of aryl methyl sites for hydroxylation is 1. The van der Waals surface area contributed by atoms with Crippen LogP contribution in [0, 0.1) is 6.92 Å². The van der Waals surface area contributed by atoms with Crippen LogP contribution in [0.5, 0.6) is 0 Å². The normalized spacial score (nSPS) is 10.4. The van der Waals surface area contributed by atoms with Crippen LogP contribution in [0.15, 0.2) is 24.3 Å². The number of ether oxygens (including phenoxy) is 1. The average molecular weight is 270 g/mol. The summed E-state index contributed by atoms with van der Waals surface area (Å²) in [5.41, 5.74) is 2.21. The fraction of sp³-hybridized carbons (Fsp3) is 0.500. The molecule has 18 heavy (non-hydrogen) atoms. The molecule has 0 bridgehead atoms. The van der Waals surface area contributed by atoms with Gasteiger partial charge in [0.15, 0.2) is 0 Å². The smallest absolute Gasteiger partial charge is 0.227 e. The van der Waals surface area contributed by atoms with E-state index in [2.05, 4.69) is 0 Å². The first-order chi connectivity index (χ1) is 8.69. The second-order valence-corrected chi connectivity index (χ2v) is 4.54. The van der Waals surface area contributed by atoms with Gasteiger partial charge in [0.2, 0.25) is 5.91 Å². The van der Waals surface area contributed by atoms with Crippen molar-refractivity contribution in [3.63, 3.8) is 0 Å². The molecule has 0 aromatic heterocycles. The summed E-state index contributed by atoms with van der Waals surface area (Å²) in [6.45, 7) is 3.71. The third-order valence-corrected chi connectivity index (χ3v) is 3.04. The molecule has 0 aliphatic carbocycles. The fourth-order valence-corrected chi connectivity index (χ4v) is 1.95. The van der Waals surface area contributed by atoms with Crippen LogP contribution in [0.4, 0.5) is 0 Å². The van der Waals surface area contributed by atoms with Gasteiger partial charge in [-0.15, -0.1) is 11.6 Å². The van der Waals surface area contributed by atoms with Crippen LogP contribution < -0.4 is 0 Å². The molecule has 4 heteroatoms. The molecule has 1 aromatic rings. The van der Waals surface area contributed by atoms with Crippen LogP contribution >= 0.6 is 11.6 Å². The van der Waals surface area contributed by atoms with E-state index in [1.807, 2.05) is 31.2 Å². The summed E-state index contributed by atoms with van der Waals surface area (Å²) in [6, 6.07) is 7.94. The van der Waals surface area contributed by atoms with Crippen molar-refractivity contribution in [2.75, 3.05) is 32.7 Å². The number of hydrogen-bond donors (Lipinski definition) is 0. The number of carbonyl (C=O) groups excluding carboxylic acids is 1. The van der Waals surface area contributed by atoms with Gasteiger partial charge in [-0.25, -0.2) is 0 Å². The molecule has 0 aliphatic rings. The number of methoxy groups -OCH3 is 1. The monoisotopic (exact) mass is 269 g/mol. The van der Waals surface area contributed by atoms with E-state index in [-0.39, 0.29) is 5.91 Å². The van der Waals surface area contributed by atoms with E-state index in [9.17, 15) is 4.79 Å². The lowest BCUT2D eigenvalue weighted by molar-refractivity contribution is -0.130. The standard InChI is InChI=1S/C14H20ClNO2/c1-12-5-3-4-6-13(12)11-14(17)16(8-7-15)9-10-18-2/h3-6H,7-11H2,1-2H3. The molecule has 0 aliphatic heterocycles. The molecule has 0 saturated heterocycles. The third-order valence-electron chi connectivity index (χ3n) is 2.88. The van der Waals surface area contributed by atoms with E-state index < -0.39 is 0 Å². The van der Waals surface area contributed by atoms with E-state index in [1.54, 1.807) is 12.0 Å². The minimum atomic E-state index is 0.0991. The van der Waals surface area contributed by atoms with Crippen molar-refractivity contribution in [2.24, 2.45) is 0 Å². The summed E-state index contributed by atoms with van der Waals surface area (Å²) < 4.78 is 5.01. The summed E-state index contributed by atoms with van der Waals surface area (Å²) >= 11 is 5.72. The van der Waals surface area contributed by atoms with Crippen molar-refractivity contribution in [2.45, 2.75) is 13.3 Å². The number of hydrogen-bond acceptors (Lipinski definition) is 2. The molecule has 0 atom stereocenters. The maximum atomic E-state index is 12.2. The second kappa shape index (κ2) is 8.11. The number of alkyl halides is 1. The Labute approximate surface area is 114 Å². The second-order valence-electron chi connectivity index (χ2n) is 4.17. The highest BCUT2D eigenvalue weighted by Crippen LogP contribution is 2.09. The summed E-state index contributed by atoms with van der Waals surface area (Å²) in [6.07, 6.45) is 0.424. The maximum absolute atomic E-state index is 12.2. The van der Waals surface area contributed by atoms with Crippen LogP contribution in [0.1, 0.15) is 11.1 Å². The summed E-state index contributed by atoms with van der Waals surface area (Å²) in [4.78, 5) is 13.9. The molecule has 100 valence electrons. The van der Waals surface area contributed by atoms with Crippen molar-refractivity contribution >= 4 is 17.5 Å². The molecule has 0 radical (unpaired) electrons. The molecule has 1 aromatic carbocycles. The number of benzene rings is 1. The highest BCUT2D eigenvalue weighted by atomic mass is 35.5. The number of carbonyl (C=O) groups is 1. The fourth-order valence-electron chi connectivity index (χ4n) is 1.75. The van der Waals surface area contributed by atoms with Gasteiger partial charge in [-0.3, -0.25) is 4.79 Å². The third kappa shape index (κ3) is 4.67. The Hall–Kier alpha value is -1.06. The lowest BCUT2D eigenvalue weighted by Crippen LogP contribution is -2.36. The first kappa shape index (κ1) is 15.0. The van der Waals surface area contributed by atoms with E-state index in [4.69, 9.17) is 16.3 Å². The van der Waals surface area contributed by atoms with Gasteiger partial charge in [0, 0.05) is 26.1 Å². The molecule has 0 fully saturated rings. The Morgan fingerprint density at radius 1 is 1.33 bits per heavy atom.